The largest absolute Gasteiger partial charge is 0.317 e. The molecule has 72 valence electrons. The van der Waals surface area contributed by atoms with Gasteiger partial charge in [0, 0.05) is 4.43 Å². The van der Waals surface area contributed by atoms with Crippen molar-refractivity contribution in [1.82, 2.24) is 5.32 Å². The van der Waals surface area contributed by atoms with E-state index in [4.69, 9.17) is 0 Å². The van der Waals surface area contributed by atoms with Crippen LogP contribution in [0, 0.1) is 0 Å². The first kappa shape index (κ1) is 11.0. The molecule has 0 saturated carbocycles. The van der Waals surface area contributed by atoms with Crippen molar-refractivity contribution in [3.05, 3.63) is 35.4 Å². The lowest BCUT2D eigenvalue weighted by molar-refractivity contribution is 0.716. The molecule has 1 aromatic rings. The van der Waals surface area contributed by atoms with E-state index in [0.717, 1.165) is 23.9 Å². The Hall–Kier alpha value is -0.0900. The Labute approximate surface area is 94.1 Å². The molecule has 0 spiro atoms. The molecule has 0 bridgehead atoms. The van der Waals surface area contributed by atoms with Crippen LogP contribution in [0.5, 0.6) is 0 Å². The summed E-state index contributed by atoms with van der Waals surface area (Å²) in [6, 6.07) is 8.89. The molecule has 0 aliphatic carbocycles. The molecule has 1 nitrogen and oxygen atoms in total. The molecule has 0 amide bonds. The number of hydrogen-bond acceptors (Lipinski definition) is 1. The van der Waals surface area contributed by atoms with E-state index < -0.39 is 0 Å². The molecule has 0 aliphatic rings. The summed E-state index contributed by atoms with van der Waals surface area (Å²) in [5.41, 5.74) is 2.84. The second kappa shape index (κ2) is 6.38. The van der Waals surface area contributed by atoms with Gasteiger partial charge in [-0.15, -0.1) is 0 Å². The first-order chi connectivity index (χ1) is 6.36. The van der Waals surface area contributed by atoms with E-state index in [0.29, 0.717) is 0 Å². The number of hydrogen-bond donors (Lipinski definition) is 1. The zero-order chi connectivity index (χ0) is 9.52. The summed E-state index contributed by atoms with van der Waals surface area (Å²) in [5, 5.41) is 3.32. The van der Waals surface area contributed by atoms with E-state index in [1.165, 1.54) is 11.1 Å². The van der Waals surface area contributed by atoms with Gasteiger partial charge in [-0.2, -0.15) is 0 Å². The van der Waals surface area contributed by atoms with Crippen LogP contribution in [0.2, 0.25) is 0 Å². The van der Waals surface area contributed by atoms with Crippen molar-refractivity contribution in [3.8, 4) is 0 Å². The molecule has 0 heterocycles. The van der Waals surface area contributed by atoms with Crippen LogP contribution in [0.4, 0.5) is 0 Å². The standard InChI is InChI=1S/C11H16IN/c1-2-13-8-7-10-3-5-11(9-12)6-4-10/h3-6,13H,2,7-9H2,1H3. The molecular formula is C11H16IN. The lowest BCUT2D eigenvalue weighted by atomic mass is 10.1. The molecule has 0 saturated heterocycles. The first-order valence-corrected chi connectivity index (χ1v) is 6.24. The maximum atomic E-state index is 3.32. The highest BCUT2D eigenvalue weighted by atomic mass is 127. The average molecular weight is 289 g/mol. The van der Waals surface area contributed by atoms with Crippen molar-refractivity contribution in [3.63, 3.8) is 0 Å². The Morgan fingerprint density at radius 3 is 2.31 bits per heavy atom. The predicted molar refractivity (Wildman–Crippen MR) is 66.4 cm³/mol. The van der Waals surface area contributed by atoms with E-state index in [9.17, 15) is 0 Å². The second-order valence-corrected chi connectivity index (χ2v) is 3.82. The van der Waals surface area contributed by atoms with Crippen molar-refractivity contribution >= 4 is 22.6 Å². The minimum Gasteiger partial charge on any atom is -0.317 e. The Kier molecular flexibility index (Phi) is 5.39. The summed E-state index contributed by atoms with van der Waals surface area (Å²) in [7, 11) is 0. The van der Waals surface area contributed by atoms with E-state index in [2.05, 4.69) is 59.1 Å². The highest BCUT2D eigenvalue weighted by molar-refractivity contribution is 14.1. The maximum absolute atomic E-state index is 3.32. The molecule has 0 aliphatic heterocycles. The van der Waals surface area contributed by atoms with Crippen LogP contribution in [0.15, 0.2) is 24.3 Å². The number of likely N-dealkylation sites (N-methyl/N-ethyl adjacent to an activating group) is 1. The third-order valence-electron chi connectivity index (χ3n) is 2.02. The molecule has 0 unspecified atom stereocenters. The Morgan fingerprint density at radius 1 is 1.15 bits per heavy atom. The highest BCUT2D eigenvalue weighted by Crippen LogP contribution is 2.08. The van der Waals surface area contributed by atoms with Crippen LogP contribution in [-0.4, -0.2) is 13.1 Å². The summed E-state index contributed by atoms with van der Waals surface area (Å²) in [5.74, 6) is 0. The Bertz CT molecular complexity index is 230. The average Bonchev–Trinajstić information content (AvgIpc) is 2.19. The van der Waals surface area contributed by atoms with Crippen molar-refractivity contribution in [2.75, 3.05) is 13.1 Å². The highest BCUT2D eigenvalue weighted by Gasteiger charge is 1.92. The van der Waals surface area contributed by atoms with Gasteiger partial charge in [0.05, 0.1) is 0 Å². The van der Waals surface area contributed by atoms with Gasteiger partial charge >= 0.3 is 0 Å². The number of benzene rings is 1. The lowest BCUT2D eigenvalue weighted by Crippen LogP contribution is -2.15. The van der Waals surface area contributed by atoms with Gasteiger partial charge < -0.3 is 5.32 Å². The molecular weight excluding hydrogens is 273 g/mol. The fourth-order valence-electron chi connectivity index (χ4n) is 1.20. The van der Waals surface area contributed by atoms with E-state index in [1.54, 1.807) is 0 Å². The minimum atomic E-state index is 1.06. The predicted octanol–water partition coefficient (Wildman–Crippen LogP) is 2.77. The fourth-order valence-corrected chi connectivity index (χ4v) is 1.71. The van der Waals surface area contributed by atoms with Crippen LogP contribution in [-0.2, 0) is 10.8 Å². The minimum absolute atomic E-state index is 1.06. The van der Waals surface area contributed by atoms with Gasteiger partial charge in [-0.3, -0.25) is 0 Å². The van der Waals surface area contributed by atoms with Crippen LogP contribution in [0.3, 0.4) is 0 Å². The van der Waals surface area contributed by atoms with Crippen molar-refractivity contribution in [2.45, 2.75) is 17.8 Å². The Morgan fingerprint density at radius 2 is 1.77 bits per heavy atom. The van der Waals surface area contributed by atoms with Gasteiger partial charge in [-0.1, -0.05) is 53.8 Å². The molecule has 0 radical (unpaired) electrons. The molecule has 1 aromatic carbocycles. The maximum Gasteiger partial charge on any atom is 0.0247 e. The zero-order valence-electron chi connectivity index (χ0n) is 8.02. The summed E-state index contributed by atoms with van der Waals surface area (Å²) in [6.45, 7) is 4.28. The summed E-state index contributed by atoms with van der Waals surface area (Å²) in [6.07, 6.45) is 1.13. The van der Waals surface area contributed by atoms with Gasteiger partial charge in [0.1, 0.15) is 0 Å². The molecule has 1 rings (SSSR count). The number of nitrogens with one attached hydrogen (secondary N) is 1. The van der Waals surface area contributed by atoms with E-state index in [-0.39, 0.29) is 0 Å². The quantitative estimate of drug-likeness (QED) is 0.499. The smallest absolute Gasteiger partial charge is 0.0247 e. The van der Waals surface area contributed by atoms with Crippen LogP contribution >= 0.6 is 22.6 Å². The summed E-state index contributed by atoms with van der Waals surface area (Å²) in [4.78, 5) is 0. The van der Waals surface area contributed by atoms with Gasteiger partial charge in [0.25, 0.3) is 0 Å². The van der Waals surface area contributed by atoms with Gasteiger partial charge in [-0.25, -0.2) is 0 Å². The number of halogens is 1. The van der Waals surface area contributed by atoms with Crippen LogP contribution in [0.25, 0.3) is 0 Å². The van der Waals surface area contributed by atoms with Gasteiger partial charge in [0.15, 0.2) is 0 Å². The zero-order valence-corrected chi connectivity index (χ0v) is 10.2. The molecule has 13 heavy (non-hydrogen) atoms. The monoisotopic (exact) mass is 289 g/mol. The normalized spacial score (nSPS) is 10.3. The lowest BCUT2D eigenvalue weighted by Gasteiger charge is -2.02. The first-order valence-electron chi connectivity index (χ1n) is 4.71. The molecule has 0 aromatic heterocycles. The van der Waals surface area contributed by atoms with E-state index in [1.807, 2.05) is 0 Å². The molecule has 1 N–H and O–H groups in total. The SMILES string of the molecule is CCNCCc1ccc(CI)cc1. The third kappa shape index (κ3) is 4.09. The van der Waals surface area contributed by atoms with Gasteiger partial charge in [0.2, 0.25) is 0 Å². The summed E-state index contributed by atoms with van der Waals surface area (Å²) >= 11 is 2.39. The van der Waals surface area contributed by atoms with Crippen LogP contribution in [0.1, 0.15) is 18.1 Å². The molecule has 0 fully saturated rings. The third-order valence-corrected chi connectivity index (χ3v) is 2.90. The summed E-state index contributed by atoms with van der Waals surface area (Å²) < 4.78 is 1.10. The van der Waals surface area contributed by atoms with Crippen molar-refractivity contribution < 1.29 is 0 Å². The molecule has 0 atom stereocenters. The second-order valence-electron chi connectivity index (χ2n) is 3.05. The van der Waals surface area contributed by atoms with Gasteiger partial charge in [-0.05, 0) is 30.6 Å². The van der Waals surface area contributed by atoms with Crippen LogP contribution < -0.4 is 5.32 Å². The topological polar surface area (TPSA) is 12.0 Å². The Balaban J connectivity index is 2.40. The number of alkyl halides is 1. The van der Waals surface area contributed by atoms with E-state index >= 15 is 0 Å². The molecule has 2 heteroatoms. The fraction of sp³-hybridized carbons (Fsp3) is 0.455. The van der Waals surface area contributed by atoms with Crippen molar-refractivity contribution in [1.29, 1.82) is 0 Å². The number of rotatable bonds is 5. The van der Waals surface area contributed by atoms with Crippen molar-refractivity contribution in [2.24, 2.45) is 0 Å².